The average Bonchev–Trinajstić information content (AvgIpc) is 2.49. The van der Waals surface area contributed by atoms with Crippen molar-refractivity contribution in [1.29, 1.82) is 0 Å². The fraction of sp³-hybridized carbons (Fsp3) is 0.667. The van der Waals surface area contributed by atoms with Gasteiger partial charge in [0.2, 0.25) is 0 Å². The summed E-state index contributed by atoms with van der Waals surface area (Å²) >= 11 is 0. The maximum atomic E-state index is 6.45. The maximum absolute atomic E-state index is 6.45. The van der Waals surface area contributed by atoms with Crippen molar-refractivity contribution in [2.24, 2.45) is 0 Å². The summed E-state index contributed by atoms with van der Waals surface area (Å²) in [6.07, 6.45) is 7.48. The van der Waals surface area contributed by atoms with Crippen LogP contribution >= 0.6 is 0 Å². The summed E-state index contributed by atoms with van der Waals surface area (Å²) < 4.78 is 12.7. The molecule has 0 radical (unpaired) electrons. The fourth-order valence-electron chi connectivity index (χ4n) is 2.66. The molecule has 0 fully saturated rings. The molecule has 0 atom stereocenters. The molecule has 0 N–H and O–H groups in total. The van der Waals surface area contributed by atoms with Crippen LogP contribution in [0.1, 0.15) is 59.3 Å². The lowest BCUT2D eigenvalue weighted by Crippen LogP contribution is -2.45. The molecule has 2 nitrogen and oxygen atoms in total. The van der Waals surface area contributed by atoms with Crippen molar-refractivity contribution < 1.29 is 8.85 Å². The molecule has 21 heavy (non-hydrogen) atoms. The van der Waals surface area contributed by atoms with E-state index < -0.39 is 8.56 Å². The average molecular weight is 309 g/mol. The molecule has 0 amide bonds. The predicted molar refractivity (Wildman–Crippen MR) is 93.1 cm³/mol. The molecule has 0 aromatic heterocycles. The Balaban J connectivity index is 2.76. The van der Waals surface area contributed by atoms with Crippen LogP contribution in [0, 0.1) is 0 Å². The number of hydrogen-bond donors (Lipinski definition) is 0. The normalized spacial score (nSPS) is 11.6. The first-order valence-electron chi connectivity index (χ1n) is 8.64. The second-order valence-electron chi connectivity index (χ2n) is 5.67. The standard InChI is InChI=1S/C18H32O2Si/c1-4-7-12-16-21(19-6-3,17-13-8-5-2)20-18-14-10-9-11-15-18/h9-11,14-15H,4-8,12-13,16-17H2,1-3H3. The van der Waals surface area contributed by atoms with E-state index in [1.165, 1.54) is 38.5 Å². The van der Waals surface area contributed by atoms with E-state index in [1.807, 2.05) is 18.2 Å². The Kier molecular flexibility index (Phi) is 9.43. The van der Waals surface area contributed by atoms with E-state index in [0.29, 0.717) is 0 Å². The van der Waals surface area contributed by atoms with Gasteiger partial charge >= 0.3 is 8.56 Å². The van der Waals surface area contributed by atoms with Crippen LogP contribution in [0.25, 0.3) is 0 Å². The minimum Gasteiger partial charge on any atom is -0.520 e. The zero-order chi connectivity index (χ0) is 15.4. The Hall–Kier alpha value is -0.803. The maximum Gasteiger partial charge on any atom is 0.398 e. The van der Waals surface area contributed by atoms with Crippen LogP contribution in [-0.4, -0.2) is 15.2 Å². The Morgan fingerprint density at radius 3 is 1.86 bits per heavy atom. The summed E-state index contributed by atoms with van der Waals surface area (Å²) in [5.74, 6) is 0.977. The highest BCUT2D eigenvalue weighted by molar-refractivity contribution is 6.68. The van der Waals surface area contributed by atoms with E-state index in [2.05, 4.69) is 32.9 Å². The van der Waals surface area contributed by atoms with Gasteiger partial charge in [-0.2, -0.15) is 0 Å². The SMILES string of the molecule is CCCCC[Si](CCCCC)(OCC)Oc1ccccc1. The monoisotopic (exact) mass is 308 g/mol. The fourth-order valence-corrected chi connectivity index (χ4v) is 6.13. The minimum atomic E-state index is -2.11. The van der Waals surface area contributed by atoms with E-state index >= 15 is 0 Å². The van der Waals surface area contributed by atoms with E-state index in [-0.39, 0.29) is 0 Å². The van der Waals surface area contributed by atoms with Crippen LogP contribution in [0.4, 0.5) is 0 Å². The molecular formula is C18H32O2Si. The van der Waals surface area contributed by atoms with E-state index in [4.69, 9.17) is 8.85 Å². The van der Waals surface area contributed by atoms with Crippen LogP contribution in [0.5, 0.6) is 5.75 Å². The third-order valence-corrected chi connectivity index (χ3v) is 7.43. The molecule has 0 heterocycles. The molecule has 1 rings (SSSR count). The molecule has 0 spiro atoms. The molecule has 0 bridgehead atoms. The van der Waals surface area contributed by atoms with Crippen molar-refractivity contribution in [2.75, 3.05) is 6.61 Å². The summed E-state index contributed by atoms with van der Waals surface area (Å²) in [7, 11) is -2.11. The van der Waals surface area contributed by atoms with Gasteiger partial charge < -0.3 is 8.85 Å². The van der Waals surface area contributed by atoms with Gasteiger partial charge in [0.25, 0.3) is 0 Å². The Morgan fingerprint density at radius 2 is 1.38 bits per heavy atom. The Labute approximate surface area is 132 Å². The van der Waals surface area contributed by atoms with Gasteiger partial charge in [0.15, 0.2) is 0 Å². The minimum absolute atomic E-state index is 0.761. The van der Waals surface area contributed by atoms with Crippen LogP contribution in [0.2, 0.25) is 12.1 Å². The van der Waals surface area contributed by atoms with Crippen LogP contribution in [0.15, 0.2) is 30.3 Å². The van der Waals surface area contributed by atoms with Gasteiger partial charge in [0, 0.05) is 18.7 Å². The molecule has 0 saturated carbocycles. The van der Waals surface area contributed by atoms with Crippen molar-refractivity contribution in [1.82, 2.24) is 0 Å². The smallest absolute Gasteiger partial charge is 0.398 e. The number of unbranched alkanes of at least 4 members (excludes halogenated alkanes) is 4. The third kappa shape index (κ3) is 7.14. The van der Waals surface area contributed by atoms with E-state index in [9.17, 15) is 0 Å². The summed E-state index contributed by atoms with van der Waals surface area (Å²) in [6.45, 7) is 7.35. The van der Waals surface area contributed by atoms with Gasteiger partial charge in [-0.15, -0.1) is 0 Å². The lowest BCUT2D eigenvalue weighted by molar-refractivity contribution is 0.246. The number of para-hydroxylation sites is 1. The molecule has 0 unspecified atom stereocenters. The Bertz CT molecular complexity index is 343. The number of rotatable bonds is 12. The highest BCUT2D eigenvalue weighted by Crippen LogP contribution is 2.28. The van der Waals surface area contributed by atoms with E-state index in [1.54, 1.807) is 0 Å². The molecule has 0 saturated heterocycles. The highest BCUT2D eigenvalue weighted by Gasteiger charge is 2.38. The molecule has 3 heteroatoms. The number of hydrogen-bond acceptors (Lipinski definition) is 2. The van der Waals surface area contributed by atoms with Crippen molar-refractivity contribution in [3.63, 3.8) is 0 Å². The molecule has 0 aliphatic carbocycles. The van der Waals surface area contributed by atoms with Gasteiger partial charge in [-0.25, -0.2) is 0 Å². The van der Waals surface area contributed by atoms with Gasteiger partial charge in [-0.3, -0.25) is 0 Å². The molecule has 1 aromatic carbocycles. The number of benzene rings is 1. The topological polar surface area (TPSA) is 18.5 Å². The van der Waals surface area contributed by atoms with Gasteiger partial charge in [-0.05, 0) is 19.1 Å². The summed E-state index contributed by atoms with van der Waals surface area (Å²) in [5.41, 5.74) is 0. The third-order valence-electron chi connectivity index (χ3n) is 3.78. The lowest BCUT2D eigenvalue weighted by atomic mass is 10.3. The van der Waals surface area contributed by atoms with Crippen LogP contribution in [0.3, 0.4) is 0 Å². The summed E-state index contributed by atoms with van der Waals surface area (Å²) in [4.78, 5) is 0. The molecular weight excluding hydrogens is 276 g/mol. The second kappa shape index (κ2) is 10.9. The van der Waals surface area contributed by atoms with Crippen molar-refractivity contribution in [3.05, 3.63) is 30.3 Å². The van der Waals surface area contributed by atoms with Gasteiger partial charge in [0.05, 0.1) is 0 Å². The van der Waals surface area contributed by atoms with E-state index in [0.717, 1.165) is 24.4 Å². The summed E-state index contributed by atoms with van der Waals surface area (Å²) in [6, 6.07) is 12.5. The van der Waals surface area contributed by atoms with Crippen LogP contribution in [-0.2, 0) is 4.43 Å². The lowest BCUT2D eigenvalue weighted by Gasteiger charge is -2.31. The van der Waals surface area contributed by atoms with Gasteiger partial charge in [0.1, 0.15) is 5.75 Å². The molecule has 120 valence electrons. The predicted octanol–water partition coefficient (Wildman–Crippen LogP) is 5.92. The second-order valence-corrected chi connectivity index (χ2v) is 8.99. The zero-order valence-corrected chi connectivity index (χ0v) is 15.1. The molecule has 0 aliphatic heterocycles. The highest BCUT2D eigenvalue weighted by atomic mass is 28.4. The van der Waals surface area contributed by atoms with Gasteiger partial charge in [-0.1, -0.05) is 70.6 Å². The first-order valence-corrected chi connectivity index (χ1v) is 10.9. The van der Waals surface area contributed by atoms with Crippen molar-refractivity contribution >= 4 is 8.56 Å². The summed E-state index contributed by atoms with van der Waals surface area (Å²) in [5, 5.41) is 0. The largest absolute Gasteiger partial charge is 0.520 e. The zero-order valence-electron chi connectivity index (χ0n) is 14.1. The van der Waals surface area contributed by atoms with Crippen molar-refractivity contribution in [2.45, 2.75) is 71.4 Å². The molecule has 1 aromatic rings. The first kappa shape index (κ1) is 18.2. The molecule has 0 aliphatic rings. The Morgan fingerprint density at radius 1 is 0.810 bits per heavy atom. The quantitative estimate of drug-likeness (QED) is 0.352. The van der Waals surface area contributed by atoms with Crippen molar-refractivity contribution in [3.8, 4) is 5.75 Å². The first-order chi connectivity index (χ1) is 10.3. The van der Waals surface area contributed by atoms with Crippen LogP contribution < -0.4 is 4.43 Å².